The molecule has 1 saturated carbocycles. The smallest absolute Gasteiger partial charge is 0.125 e. The summed E-state index contributed by atoms with van der Waals surface area (Å²) in [6.45, 7) is 2.26. The lowest BCUT2D eigenvalue weighted by atomic mass is 9.67. The molecule has 1 heterocycles. The Kier molecular flexibility index (Phi) is 2.20. The van der Waals surface area contributed by atoms with Gasteiger partial charge in [0.2, 0.25) is 0 Å². The Morgan fingerprint density at radius 2 is 2.12 bits per heavy atom. The molecule has 1 aliphatic heterocycles. The predicted octanol–water partition coefficient (Wildman–Crippen LogP) is 3.29. The van der Waals surface area contributed by atoms with Crippen LogP contribution in [-0.4, -0.2) is 5.60 Å². The van der Waals surface area contributed by atoms with Crippen LogP contribution in [-0.2, 0) is 0 Å². The highest BCUT2D eigenvalue weighted by Gasteiger charge is 2.48. The van der Waals surface area contributed by atoms with E-state index in [4.69, 9.17) is 22.1 Å². The molecule has 1 aliphatic carbocycles. The Hall–Kier alpha value is -0.730. The lowest BCUT2D eigenvalue weighted by Gasteiger charge is -2.50. The second-order valence-corrected chi connectivity index (χ2v) is 5.73. The molecule has 2 N–H and O–H groups in total. The van der Waals surface area contributed by atoms with Crippen LogP contribution in [0.1, 0.15) is 37.8 Å². The molecule has 3 rings (SSSR count). The van der Waals surface area contributed by atoms with Gasteiger partial charge in [-0.05, 0) is 37.0 Å². The maximum atomic E-state index is 6.21. The molecule has 16 heavy (non-hydrogen) atoms. The number of nitrogens with two attached hydrogens (primary N) is 1. The molecule has 0 aromatic heterocycles. The van der Waals surface area contributed by atoms with Crippen molar-refractivity contribution in [2.75, 3.05) is 0 Å². The van der Waals surface area contributed by atoms with Crippen molar-refractivity contribution in [3.63, 3.8) is 0 Å². The molecule has 2 nitrogen and oxygen atoms in total. The van der Waals surface area contributed by atoms with Gasteiger partial charge >= 0.3 is 0 Å². The number of rotatable bonds is 0. The molecule has 1 aromatic rings. The quantitative estimate of drug-likeness (QED) is 0.752. The fourth-order valence-corrected chi connectivity index (χ4v) is 3.33. The summed E-state index contributed by atoms with van der Waals surface area (Å²) >= 11 is 5.97. The molecule has 0 saturated heterocycles. The first kappa shape index (κ1) is 10.4. The minimum absolute atomic E-state index is 0.0136. The normalized spacial score (nSPS) is 36.4. The maximum absolute atomic E-state index is 6.21. The average Bonchev–Trinajstić information content (AvgIpc) is 2.17. The van der Waals surface area contributed by atoms with Crippen molar-refractivity contribution < 1.29 is 4.74 Å². The van der Waals surface area contributed by atoms with Gasteiger partial charge in [0.05, 0.1) is 0 Å². The van der Waals surface area contributed by atoms with Crippen molar-refractivity contribution in [2.24, 2.45) is 11.7 Å². The van der Waals surface area contributed by atoms with Gasteiger partial charge < -0.3 is 10.5 Å². The fraction of sp³-hybridized carbons (Fsp3) is 0.538. The van der Waals surface area contributed by atoms with E-state index in [2.05, 4.69) is 6.92 Å². The lowest BCUT2D eigenvalue weighted by Crippen LogP contribution is -2.52. The summed E-state index contributed by atoms with van der Waals surface area (Å²) in [7, 11) is 0. The monoisotopic (exact) mass is 237 g/mol. The van der Waals surface area contributed by atoms with E-state index in [0.29, 0.717) is 0 Å². The highest BCUT2D eigenvalue weighted by molar-refractivity contribution is 6.30. The number of halogens is 1. The molecule has 2 aliphatic rings. The van der Waals surface area contributed by atoms with Crippen molar-refractivity contribution in [3.8, 4) is 5.75 Å². The molecule has 1 atom stereocenters. The third kappa shape index (κ3) is 1.52. The van der Waals surface area contributed by atoms with Crippen LogP contribution in [0.3, 0.4) is 0 Å². The van der Waals surface area contributed by atoms with Crippen LogP contribution in [0.2, 0.25) is 5.02 Å². The number of benzene rings is 1. The zero-order chi connectivity index (χ0) is 11.3. The van der Waals surface area contributed by atoms with E-state index in [0.717, 1.165) is 41.5 Å². The largest absolute Gasteiger partial charge is 0.487 e. The zero-order valence-corrected chi connectivity index (χ0v) is 10.1. The summed E-state index contributed by atoms with van der Waals surface area (Å²) in [5.74, 6) is 1.69. The van der Waals surface area contributed by atoms with Gasteiger partial charge in [-0.1, -0.05) is 18.5 Å². The molecule has 0 amide bonds. The van der Waals surface area contributed by atoms with E-state index in [1.54, 1.807) is 0 Å². The number of fused-ring (bicyclic) bond motifs is 1. The highest BCUT2D eigenvalue weighted by Crippen LogP contribution is 2.50. The Bertz CT molecular complexity index is 426. The lowest BCUT2D eigenvalue weighted by molar-refractivity contribution is -0.0657. The second-order valence-electron chi connectivity index (χ2n) is 5.29. The topological polar surface area (TPSA) is 35.2 Å². The molecular formula is C13H16ClNO. The summed E-state index contributed by atoms with van der Waals surface area (Å²) in [5.41, 5.74) is 7.27. The minimum Gasteiger partial charge on any atom is -0.487 e. The molecule has 3 heteroatoms. The van der Waals surface area contributed by atoms with Gasteiger partial charge in [-0.3, -0.25) is 0 Å². The molecule has 86 valence electrons. The van der Waals surface area contributed by atoms with E-state index in [-0.39, 0.29) is 11.6 Å². The highest BCUT2D eigenvalue weighted by atomic mass is 35.5. The van der Waals surface area contributed by atoms with Gasteiger partial charge in [0.25, 0.3) is 0 Å². The van der Waals surface area contributed by atoms with Crippen LogP contribution < -0.4 is 10.5 Å². The number of hydrogen-bond donors (Lipinski definition) is 1. The van der Waals surface area contributed by atoms with Gasteiger partial charge in [0.1, 0.15) is 11.4 Å². The van der Waals surface area contributed by atoms with Crippen molar-refractivity contribution in [1.29, 1.82) is 0 Å². The first-order valence-electron chi connectivity index (χ1n) is 5.82. The number of hydrogen-bond acceptors (Lipinski definition) is 2. The van der Waals surface area contributed by atoms with Gasteiger partial charge in [-0.15, -0.1) is 0 Å². The van der Waals surface area contributed by atoms with Crippen LogP contribution in [0.25, 0.3) is 0 Å². The molecule has 1 aromatic carbocycles. The average molecular weight is 238 g/mol. The van der Waals surface area contributed by atoms with Crippen LogP contribution >= 0.6 is 11.6 Å². The standard InChI is InChI=1S/C13H16ClNO/c1-8-5-13(6-8)7-11(15)10-4-9(14)2-3-12(10)16-13/h2-4,8,11H,5-7,15H2,1H3. The predicted molar refractivity (Wildman–Crippen MR) is 64.8 cm³/mol. The summed E-state index contributed by atoms with van der Waals surface area (Å²) in [4.78, 5) is 0. The first-order valence-corrected chi connectivity index (χ1v) is 6.20. The summed E-state index contributed by atoms with van der Waals surface area (Å²) in [6, 6.07) is 5.81. The Balaban J connectivity index is 1.94. The van der Waals surface area contributed by atoms with E-state index in [9.17, 15) is 0 Å². The van der Waals surface area contributed by atoms with Crippen LogP contribution in [0, 0.1) is 5.92 Å². The van der Waals surface area contributed by atoms with Crippen LogP contribution in [0.5, 0.6) is 5.75 Å². The van der Waals surface area contributed by atoms with E-state index < -0.39 is 0 Å². The summed E-state index contributed by atoms with van der Waals surface area (Å²) in [5, 5.41) is 0.732. The Labute approximate surface area is 101 Å². The van der Waals surface area contributed by atoms with Crippen LogP contribution in [0.15, 0.2) is 18.2 Å². The Morgan fingerprint density at radius 3 is 2.81 bits per heavy atom. The van der Waals surface area contributed by atoms with E-state index >= 15 is 0 Å². The van der Waals surface area contributed by atoms with Crippen LogP contribution in [0.4, 0.5) is 0 Å². The zero-order valence-electron chi connectivity index (χ0n) is 9.37. The van der Waals surface area contributed by atoms with Crippen molar-refractivity contribution in [2.45, 2.75) is 37.8 Å². The summed E-state index contributed by atoms with van der Waals surface area (Å²) in [6.07, 6.45) is 3.18. The maximum Gasteiger partial charge on any atom is 0.125 e. The molecule has 0 bridgehead atoms. The molecular weight excluding hydrogens is 222 g/mol. The minimum atomic E-state index is 0.0136. The van der Waals surface area contributed by atoms with Crippen molar-refractivity contribution in [1.82, 2.24) is 0 Å². The molecule has 1 fully saturated rings. The number of ether oxygens (including phenoxy) is 1. The fourth-order valence-electron chi connectivity index (χ4n) is 3.15. The van der Waals surface area contributed by atoms with E-state index in [1.165, 1.54) is 0 Å². The van der Waals surface area contributed by atoms with Gasteiger partial charge in [0.15, 0.2) is 0 Å². The molecule has 1 unspecified atom stereocenters. The van der Waals surface area contributed by atoms with E-state index in [1.807, 2.05) is 18.2 Å². The third-order valence-electron chi connectivity index (χ3n) is 3.73. The molecule has 0 radical (unpaired) electrons. The van der Waals surface area contributed by atoms with Crippen molar-refractivity contribution in [3.05, 3.63) is 28.8 Å². The van der Waals surface area contributed by atoms with Gasteiger partial charge in [0, 0.05) is 23.0 Å². The third-order valence-corrected chi connectivity index (χ3v) is 3.97. The summed E-state index contributed by atoms with van der Waals surface area (Å²) < 4.78 is 6.11. The Morgan fingerprint density at radius 1 is 1.38 bits per heavy atom. The first-order chi connectivity index (χ1) is 7.58. The van der Waals surface area contributed by atoms with Crippen molar-refractivity contribution >= 4 is 11.6 Å². The molecule has 1 spiro atoms. The SMILES string of the molecule is CC1CC2(C1)CC(N)c1cc(Cl)ccc1O2. The van der Waals surface area contributed by atoms with Gasteiger partial charge in [-0.25, -0.2) is 0 Å². The van der Waals surface area contributed by atoms with Gasteiger partial charge in [-0.2, -0.15) is 0 Å². The second kappa shape index (κ2) is 3.38.